The number of ether oxygens (including phenoxy) is 2. The molecule has 114 valence electrons. The van der Waals surface area contributed by atoms with Crippen molar-refractivity contribution in [1.82, 2.24) is 5.43 Å². The van der Waals surface area contributed by atoms with Crippen molar-refractivity contribution >= 4 is 29.5 Å². The second-order valence-electron chi connectivity index (χ2n) is 4.10. The average Bonchev–Trinajstić information content (AvgIpc) is 2.54. The van der Waals surface area contributed by atoms with Crippen LogP contribution in [0.15, 0.2) is 54.6 Å². The Morgan fingerprint density at radius 3 is 2.27 bits per heavy atom. The van der Waals surface area contributed by atoms with Crippen molar-refractivity contribution in [3.8, 4) is 5.75 Å². The van der Waals surface area contributed by atoms with Crippen LogP contribution in [0.3, 0.4) is 0 Å². The number of para-hydroxylation sites is 1. The number of carbonyl (C=O) groups is 2. The van der Waals surface area contributed by atoms with Crippen LogP contribution in [-0.4, -0.2) is 19.3 Å². The van der Waals surface area contributed by atoms with Gasteiger partial charge in [-0.25, -0.2) is 15.0 Å². The van der Waals surface area contributed by atoms with Gasteiger partial charge in [0.05, 0.1) is 12.8 Å². The first kappa shape index (κ1) is 15.7. The van der Waals surface area contributed by atoms with Crippen molar-refractivity contribution in [1.29, 1.82) is 0 Å². The van der Waals surface area contributed by atoms with E-state index in [1.165, 1.54) is 7.11 Å². The van der Waals surface area contributed by atoms with Crippen molar-refractivity contribution < 1.29 is 19.1 Å². The molecule has 0 saturated heterocycles. The number of benzene rings is 2. The van der Waals surface area contributed by atoms with Crippen molar-refractivity contribution in [3.63, 3.8) is 0 Å². The van der Waals surface area contributed by atoms with Crippen molar-refractivity contribution in [2.24, 2.45) is 0 Å². The number of nitrogens with one attached hydrogen (secondary N) is 1. The Balaban J connectivity index is 2.21. The number of amides is 2. The molecule has 0 aromatic heterocycles. The molecule has 0 atom stereocenters. The quantitative estimate of drug-likeness (QED) is 0.858. The first-order valence-corrected chi connectivity index (χ1v) is 6.65. The third-order valence-electron chi connectivity index (χ3n) is 2.60. The normalized spacial score (nSPS) is 9.73. The summed E-state index contributed by atoms with van der Waals surface area (Å²) in [5.74, 6) is 0.345. The highest BCUT2D eigenvalue weighted by Crippen LogP contribution is 2.19. The predicted molar refractivity (Wildman–Crippen MR) is 81.9 cm³/mol. The van der Waals surface area contributed by atoms with Crippen molar-refractivity contribution in [2.45, 2.75) is 0 Å². The van der Waals surface area contributed by atoms with Gasteiger partial charge in [-0.3, -0.25) is 0 Å². The van der Waals surface area contributed by atoms with E-state index in [9.17, 15) is 9.59 Å². The molecule has 2 aromatic carbocycles. The molecule has 0 aliphatic carbocycles. The lowest BCUT2D eigenvalue weighted by molar-refractivity contribution is 0.165. The topological polar surface area (TPSA) is 67.9 Å². The fourth-order valence-corrected chi connectivity index (χ4v) is 1.70. The molecule has 6 nitrogen and oxygen atoms in total. The maximum atomic E-state index is 12.2. The number of hydrogen-bond acceptors (Lipinski definition) is 4. The van der Waals surface area contributed by atoms with Crippen LogP contribution in [0, 0.1) is 0 Å². The molecule has 1 N–H and O–H groups in total. The molecule has 2 aromatic rings. The fraction of sp³-hybridized carbons (Fsp3) is 0.0667. The Hall–Kier alpha value is -2.73. The number of nitrogens with zero attached hydrogens (tertiary/aromatic N) is 1. The summed E-state index contributed by atoms with van der Waals surface area (Å²) < 4.78 is 9.69. The number of carbonyl (C=O) groups excluding carboxylic acids is 2. The van der Waals surface area contributed by atoms with Gasteiger partial charge in [-0.05, 0) is 36.4 Å². The highest BCUT2D eigenvalue weighted by Gasteiger charge is 2.21. The highest BCUT2D eigenvalue weighted by atomic mass is 35.5. The molecule has 0 saturated carbocycles. The molecule has 7 heteroatoms. The van der Waals surface area contributed by atoms with Crippen LogP contribution < -0.4 is 15.2 Å². The van der Waals surface area contributed by atoms with Gasteiger partial charge in [-0.2, -0.15) is 5.01 Å². The van der Waals surface area contributed by atoms with Gasteiger partial charge < -0.3 is 9.47 Å². The molecule has 2 amide bonds. The minimum Gasteiger partial charge on any atom is -0.452 e. The summed E-state index contributed by atoms with van der Waals surface area (Å²) in [6.45, 7) is 0. The van der Waals surface area contributed by atoms with Crippen LogP contribution in [0.25, 0.3) is 0 Å². The first-order chi connectivity index (χ1) is 10.6. The van der Waals surface area contributed by atoms with Gasteiger partial charge in [0.1, 0.15) is 5.75 Å². The lowest BCUT2D eigenvalue weighted by Crippen LogP contribution is -2.47. The third kappa shape index (κ3) is 4.13. The van der Waals surface area contributed by atoms with Gasteiger partial charge in [0.15, 0.2) is 0 Å². The minimum atomic E-state index is -0.806. The minimum absolute atomic E-state index is 0.345. The summed E-state index contributed by atoms with van der Waals surface area (Å²) in [6, 6.07) is 14.8. The fourth-order valence-electron chi connectivity index (χ4n) is 1.58. The molecular formula is C15H13ClN2O4. The summed E-state index contributed by atoms with van der Waals surface area (Å²) in [5.41, 5.74) is 2.65. The van der Waals surface area contributed by atoms with Crippen LogP contribution in [0.4, 0.5) is 15.3 Å². The number of methoxy groups -OCH3 is 1. The van der Waals surface area contributed by atoms with E-state index in [0.717, 1.165) is 5.01 Å². The molecule has 2 rings (SSSR count). The van der Waals surface area contributed by atoms with E-state index in [2.05, 4.69) is 10.2 Å². The molecule has 0 bridgehead atoms. The molecule has 0 heterocycles. The zero-order valence-electron chi connectivity index (χ0n) is 11.7. The summed E-state index contributed by atoms with van der Waals surface area (Å²) in [4.78, 5) is 23.7. The zero-order valence-corrected chi connectivity index (χ0v) is 12.4. The average molecular weight is 321 g/mol. The molecule has 22 heavy (non-hydrogen) atoms. The van der Waals surface area contributed by atoms with Gasteiger partial charge in [0.25, 0.3) is 0 Å². The monoisotopic (exact) mass is 320 g/mol. The maximum Gasteiger partial charge on any atom is 0.439 e. The van der Waals surface area contributed by atoms with Crippen LogP contribution in [0.5, 0.6) is 5.75 Å². The summed E-state index contributed by atoms with van der Waals surface area (Å²) in [7, 11) is 1.19. The number of hydrazine groups is 1. The van der Waals surface area contributed by atoms with Gasteiger partial charge in [-0.1, -0.05) is 29.8 Å². The molecule has 0 spiro atoms. The Morgan fingerprint density at radius 1 is 1.05 bits per heavy atom. The van der Waals surface area contributed by atoms with Crippen molar-refractivity contribution in [3.05, 3.63) is 59.6 Å². The van der Waals surface area contributed by atoms with E-state index >= 15 is 0 Å². The number of halogens is 1. The molecule has 0 aliphatic rings. The smallest absolute Gasteiger partial charge is 0.439 e. The summed E-state index contributed by atoms with van der Waals surface area (Å²) in [6.07, 6.45) is -1.60. The summed E-state index contributed by atoms with van der Waals surface area (Å²) in [5, 5.41) is 1.42. The SMILES string of the molecule is COC(=O)NN(C(=O)Oc1ccccc1)c1ccc(Cl)cc1. The Kier molecular flexibility index (Phi) is 5.21. The Labute approximate surface area is 132 Å². The maximum absolute atomic E-state index is 12.2. The molecule has 0 aliphatic heterocycles. The predicted octanol–water partition coefficient (Wildman–Crippen LogP) is 3.62. The van der Waals surface area contributed by atoms with Gasteiger partial charge in [-0.15, -0.1) is 0 Å². The summed E-state index contributed by atoms with van der Waals surface area (Å²) >= 11 is 5.81. The first-order valence-electron chi connectivity index (χ1n) is 6.27. The Morgan fingerprint density at radius 2 is 1.68 bits per heavy atom. The van der Waals surface area contributed by atoms with Gasteiger partial charge in [0, 0.05) is 5.02 Å². The Bertz CT molecular complexity index is 646. The molecule has 0 radical (unpaired) electrons. The second kappa shape index (κ2) is 7.33. The standard InChI is InChI=1S/C15H13ClN2O4/c1-21-14(19)17-18(12-9-7-11(16)8-10-12)15(20)22-13-5-3-2-4-6-13/h2-10H,1H3,(H,17,19). The van der Waals surface area contributed by atoms with E-state index < -0.39 is 12.2 Å². The van der Waals surface area contributed by atoms with E-state index in [1.807, 2.05) is 0 Å². The zero-order chi connectivity index (χ0) is 15.9. The molecular weight excluding hydrogens is 308 g/mol. The van der Waals surface area contributed by atoms with Gasteiger partial charge in [0.2, 0.25) is 0 Å². The van der Waals surface area contributed by atoms with E-state index in [0.29, 0.717) is 16.5 Å². The molecule has 0 unspecified atom stereocenters. The largest absolute Gasteiger partial charge is 0.452 e. The number of rotatable bonds is 2. The lowest BCUT2D eigenvalue weighted by atomic mass is 10.3. The van der Waals surface area contributed by atoms with Crippen LogP contribution in [0.2, 0.25) is 5.02 Å². The van der Waals surface area contributed by atoms with Crippen LogP contribution in [-0.2, 0) is 4.74 Å². The lowest BCUT2D eigenvalue weighted by Gasteiger charge is -2.21. The second-order valence-corrected chi connectivity index (χ2v) is 4.53. The molecule has 0 fully saturated rings. The highest BCUT2D eigenvalue weighted by molar-refractivity contribution is 6.30. The van der Waals surface area contributed by atoms with Gasteiger partial charge >= 0.3 is 12.2 Å². The van der Waals surface area contributed by atoms with Crippen molar-refractivity contribution in [2.75, 3.05) is 12.1 Å². The number of hydrogen-bond donors (Lipinski definition) is 1. The third-order valence-corrected chi connectivity index (χ3v) is 2.86. The van der Waals surface area contributed by atoms with E-state index in [1.54, 1.807) is 54.6 Å². The van der Waals surface area contributed by atoms with E-state index in [-0.39, 0.29) is 0 Å². The van der Waals surface area contributed by atoms with E-state index in [4.69, 9.17) is 16.3 Å². The van der Waals surface area contributed by atoms with Crippen LogP contribution >= 0.6 is 11.6 Å². The number of anilines is 1. The van der Waals surface area contributed by atoms with Crippen LogP contribution in [0.1, 0.15) is 0 Å².